The Bertz CT molecular complexity index is 624. The van der Waals surface area contributed by atoms with Gasteiger partial charge in [0.05, 0.1) is 11.0 Å². The third-order valence-corrected chi connectivity index (χ3v) is 5.18. The van der Waals surface area contributed by atoms with Gasteiger partial charge in [-0.3, -0.25) is 4.79 Å². The first-order valence-corrected chi connectivity index (χ1v) is 8.99. The van der Waals surface area contributed by atoms with Gasteiger partial charge in [-0.2, -0.15) is 0 Å². The van der Waals surface area contributed by atoms with E-state index in [1.54, 1.807) is 12.1 Å². The lowest BCUT2D eigenvalue weighted by molar-refractivity contribution is -0.126. The van der Waals surface area contributed by atoms with Crippen LogP contribution in [0, 0.1) is 5.92 Å². The van der Waals surface area contributed by atoms with Crippen LogP contribution in [-0.4, -0.2) is 32.1 Å². The lowest BCUT2D eigenvalue weighted by Crippen LogP contribution is -2.37. The molecule has 0 aromatic heterocycles. The highest BCUT2D eigenvalue weighted by atomic mass is 32.2. The van der Waals surface area contributed by atoms with Crippen LogP contribution >= 0.6 is 0 Å². The number of amides is 1. The normalized spacial score (nSPS) is 21.2. The zero-order valence-corrected chi connectivity index (χ0v) is 13.4. The molecule has 2 rings (SSSR count). The quantitative estimate of drug-likeness (QED) is 0.661. The van der Waals surface area contributed by atoms with E-state index in [1.807, 2.05) is 6.92 Å². The maximum atomic E-state index is 12.1. The first-order chi connectivity index (χ1) is 10.4. The van der Waals surface area contributed by atoms with Crippen molar-refractivity contribution in [3.8, 4) is 0 Å². The molecule has 122 valence electrons. The van der Waals surface area contributed by atoms with Gasteiger partial charge in [-0.05, 0) is 37.5 Å². The van der Waals surface area contributed by atoms with Crippen LogP contribution in [0.3, 0.4) is 0 Å². The molecule has 1 amide bonds. The topological polar surface area (TPSA) is 95.5 Å². The summed E-state index contributed by atoms with van der Waals surface area (Å²) in [4.78, 5) is 12.1. The van der Waals surface area contributed by atoms with Crippen molar-refractivity contribution in [1.82, 2.24) is 4.72 Å². The largest absolute Gasteiger partial charge is 0.393 e. The second-order valence-electron chi connectivity index (χ2n) is 5.59. The average molecular weight is 326 g/mol. The summed E-state index contributed by atoms with van der Waals surface area (Å²) < 4.78 is 26.8. The second-order valence-corrected chi connectivity index (χ2v) is 7.36. The molecule has 0 unspecified atom stereocenters. The molecular formula is C15H22N2O4S. The molecule has 1 saturated carbocycles. The maximum Gasteiger partial charge on any atom is 0.240 e. The van der Waals surface area contributed by atoms with Gasteiger partial charge in [-0.15, -0.1) is 0 Å². The minimum atomic E-state index is -3.55. The molecule has 22 heavy (non-hydrogen) atoms. The van der Waals surface area contributed by atoms with Gasteiger partial charge in [0.2, 0.25) is 15.9 Å². The van der Waals surface area contributed by atoms with Crippen LogP contribution in [0.15, 0.2) is 29.2 Å². The summed E-state index contributed by atoms with van der Waals surface area (Å²) in [5.41, 5.74) is 0.449. The minimum absolute atomic E-state index is 0.134. The van der Waals surface area contributed by atoms with Gasteiger partial charge in [0.15, 0.2) is 0 Å². The van der Waals surface area contributed by atoms with Gasteiger partial charge in [-0.1, -0.05) is 19.4 Å². The molecule has 1 aliphatic rings. The Kier molecular flexibility index (Phi) is 5.55. The monoisotopic (exact) mass is 326 g/mol. The molecule has 1 aliphatic carbocycles. The molecule has 0 bridgehead atoms. The van der Waals surface area contributed by atoms with Gasteiger partial charge in [-0.25, -0.2) is 13.1 Å². The number of benzene rings is 1. The molecule has 0 radical (unpaired) electrons. The van der Waals surface area contributed by atoms with Gasteiger partial charge in [0.1, 0.15) is 0 Å². The SMILES string of the molecule is CCCCNS(=O)(=O)c1cccc(NC(=O)C2CC(O)C2)c1. The van der Waals surface area contributed by atoms with Crippen molar-refractivity contribution in [1.29, 1.82) is 0 Å². The van der Waals surface area contributed by atoms with Crippen molar-refractivity contribution < 1.29 is 18.3 Å². The van der Waals surface area contributed by atoms with Crippen LogP contribution in [0.4, 0.5) is 5.69 Å². The fourth-order valence-electron chi connectivity index (χ4n) is 2.25. The number of anilines is 1. The number of sulfonamides is 1. The van der Waals surface area contributed by atoms with Crippen LogP contribution in [-0.2, 0) is 14.8 Å². The highest BCUT2D eigenvalue weighted by molar-refractivity contribution is 7.89. The molecule has 0 spiro atoms. The summed E-state index contributed by atoms with van der Waals surface area (Å²) >= 11 is 0. The Hall–Kier alpha value is -1.44. The Labute approximate surface area is 131 Å². The van der Waals surface area contributed by atoms with E-state index >= 15 is 0 Å². The zero-order valence-electron chi connectivity index (χ0n) is 12.6. The van der Waals surface area contributed by atoms with Crippen molar-refractivity contribution >= 4 is 21.6 Å². The number of carbonyl (C=O) groups is 1. The fourth-order valence-corrected chi connectivity index (χ4v) is 3.37. The summed E-state index contributed by atoms with van der Waals surface area (Å²) in [5, 5.41) is 11.9. The number of aliphatic hydroxyl groups is 1. The number of hydrogen-bond acceptors (Lipinski definition) is 4. The third-order valence-electron chi connectivity index (χ3n) is 3.72. The van der Waals surface area contributed by atoms with Crippen molar-refractivity contribution in [2.24, 2.45) is 5.92 Å². The third kappa shape index (κ3) is 4.28. The van der Waals surface area contributed by atoms with E-state index in [2.05, 4.69) is 10.0 Å². The minimum Gasteiger partial charge on any atom is -0.393 e. The highest BCUT2D eigenvalue weighted by Crippen LogP contribution is 2.28. The Morgan fingerprint density at radius 1 is 1.36 bits per heavy atom. The number of aliphatic hydroxyl groups excluding tert-OH is 1. The van der Waals surface area contributed by atoms with E-state index in [-0.39, 0.29) is 16.7 Å². The van der Waals surface area contributed by atoms with E-state index in [0.717, 1.165) is 12.8 Å². The molecule has 0 atom stereocenters. The van der Waals surface area contributed by atoms with Gasteiger partial charge in [0, 0.05) is 18.2 Å². The van der Waals surface area contributed by atoms with Crippen LogP contribution < -0.4 is 10.0 Å². The first-order valence-electron chi connectivity index (χ1n) is 7.51. The first kappa shape index (κ1) is 16.9. The van der Waals surface area contributed by atoms with Crippen molar-refractivity contribution in [3.05, 3.63) is 24.3 Å². The van der Waals surface area contributed by atoms with Crippen LogP contribution in [0.2, 0.25) is 0 Å². The number of nitrogens with one attached hydrogen (secondary N) is 2. The summed E-state index contributed by atoms with van der Waals surface area (Å²) in [6.07, 6.45) is 2.21. The Morgan fingerprint density at radius 3 is 2.73 bits per heavy atom. The lowest BCUT2D eigenvalue weighted by Gasteiger charge is -2.30. The van der Waals surface area contributed by atoms with Gasteiger partial charge >= 0.3 is 0 Å². The fraction of sp³-hybridized carbons (Fsp3) is 0.533. The molecule has 1 aromatic carbocycles. The molecule has 3 N–H and O–H groups in total. The Morgan fingerprint density at radius 2 is 2.09 bits per heavy atom. The predicted octanol–water partition coefficient (Wildman–Crippen LogP) is 1.47. The zero-order chi connectivity index (χ0) is 16.2. The Balaban J connectivity index is 2.01. The predicted molar refractivity (Wildman–Crippen MR) is 83.9 cm³/mol. The van der Waals surface area contributed by atoms with Crippen molar-refractivity contribution in [2.45, 2.75) is 43.6 Å². The lowest BCUT2D eigenvalue weighted by atomic mass is 9.82. The number of hydrogen-bond donors (Lipinski definition) is 3. The van der Waals surface area contributed by atoms with Gasteiger partial charge < -0.3 is 10.4 Å². The van der Waals surface area contributed by atoms with E-state index in [9.17, 15) is 18.3 Å². The number of rotatable bonds is 7. The molecule has 0 aliphatic heterocycles. The molecule has 0 saturated heterocycles. The van der Waals surface area contributed by atoms with Crippen LogP contribution in [0.1, 0.15) is 32.6 Å². The number of carbonyl (C=O) groups excluding carboxylic acids is 1. The van der Waals surface area contributed by atoms with E-state index < -0.39 is 16.1 Å². The standard InChI is InChI=1S/C15H22N2O4S/c1-2-3-7-16-22(20,21)14-6-4-5-12(10-14)17-15(19)11-8-13(18)9-11/h4-6,10-11,13,16,18H,2-3,7-9H2,1H3,(H,17,19). The average Bonchev–Trinajstić information content (AvgIpc) is 2.44. The number of unbranched alkanes of at least 4 members (excludes halogenated alkanes) is 1. The van der Waals surface area contributed by atoms with Crippen molar-refractivity contribution in [3.63, 3.8) is 0 Å². The summed E-state index contributed by atoms with van der Waals surface area (Å²) in [5.74, 6) is -0.378. The smallest absolute Gasteiger partial charge is 0.240 e. The molecule has 0 heterocycles. The van der Waals surface area contributed by atoms with E-state index in [1.165, 1.54) is 12.1 Å². The van der Waals surface area contributed by atoms with Crippen molar-refractivity contribution in [2.75, 3.05) is 11.9 Å². The molecule has 1 fully saturated rings. The molecule has 6 nitrogen and oxygen atoms in total. The molecular weight excluding hydrogens is 304 g/mol. The van der Waals surface area contributed by atoms with E-state index in [4.69, 9.17) is 0 Å². The van der Waals surface area contributed by atoms with Gasteiger partial charge in [0.25, 0.3) is 0 Å². The summed E-state index contributed by atoms with van der Waals surface area (Å²) in [6.45, 7) is 2.39. The molecule has 7 heteroatoms. The summed E-state index contributed by atoms with van der Waals surface area (Å²) in [7, 11) is -3.55. The maximum absolute atomic E-state index is 12.1. The van der Waals surface area contributed by atoms with Crippen LogP contribution in [0.25, 0.3) is 0 Å². The van der Waals surface area contributed by atoms with Crippen LogP contribution in [0.5, 0.6) is 0 Å². The summed E-state index contributed by atoms with van der Waals surface area (Å²) in [6, 6.07) is 6.19. The molecule has 1 aromatic rings. The second kappa shape index (κ2) is 7.21. The highest BCUT2D eigenvalue weighted by Gasteiger charge is 2.33. The van der Waals surface area contributed by atoms with E-state index in [0.29, 0.717) is 25.1 Å².